The van der Waals surface area contributed by atoms with Crippen LogP contribution in [0.2, 0.25) is 0 Å². The predicted molar refractivity (Wildman–Crippen MR) is 81.0 cm³/mol. The van der Waals surface area contributed by atoms with Crippen LogP contribution < -0.4 is 5.32 Å². The monoisotopic (exact) mass is 304 g/mol. The van der Waals surface area contributed by atoms with Crippen molar-refractivity contribution in [1.29, 1.82) is 0 Å². The van der Waals surface area contributed by atoms with Crippen molar-refractivity contribution >= 4 is 15.9 Å². The molecule has 1 rings (SSSR count). The fraction of sp³-hybridized carbons (Fsp3) is 0.929. The number of hydrogen-bond acceptors (Lipinski definition) is 3. The Labute approximate surface area is 123 Å². The van der Waals surface area contributed by atoms with Crippen molar-refractivity contribution in [3.05, 3.63) is 0 Å². The van der Waals surface area contributed by atoms with Gasteiger partial charge in [-0.25, -0.2) is 12.7 Å². The van der Waals surface area contributed by atoms with Gasteiger partial charge in [-0.3, -0.25) is 4.79 Å². The Hall–Kier alpha value is -0.620. The van der Waals surface area contributed by atoms with E-state index in [2.05, 4.69) is 12.2 Å². The molecule has 0 radical (unpaired) electrons. The second-order valence-corrected chi connectivity index (χ2v) is 7.52. The molecule has 1 fully saturated rings. The lowest BCUT2D eigenvalue weighted by molar-refractivity contribution is -0.121. The maximum Gasteiger partial charge on any atom is 0.219 e. The first kappa shape index (κ1) is 17.4. The van der Waals surface area contributed by atoms with E-state index in [1.165, 1.54) is 0 Å². The minimum absolute atomic E-state index is 0.0359. The summed E-state index contributed by atoms with van der Waals surface area (Å²) < 4.78 is 25.7. The molecule has 0 aromatic heterocycles. The van der Waals surface area contributed by atoms with Crippen LogP contribution in [-0.2, 0) is 14.8 Å². The summed E-state index contributed by atoms with van der Waals surface area (Å²) in [6.45, 7) is 4.14. The molecule has 0 aromatic rings. The average Bonchev–Trinajstić information content (AvgIpc) is 2.45. The van der Waals surface area contributed by atoms with Crippen LogP contribution >= 0.6 is 0 Å². The number of carbonyl (C=O) groups excluding carboxylic acids is 1. The number of unbranched alkanes of at least 4 members (excludes halogenated alkanes) is 2. The van der Waals surface area contributed by atoms with E-state index < -0.39 is 10.0 Å². The summed E-state index contributed by atoms with van der Waals surface area (Å²) in [7, 11) is -3.10. The highest BCUT2D eigenvalue weighted by atomic mass is 32.2. The maximum atomic E-state index is 12.1. The molecule has 0 aromatic carbocycles. The van der Waals surface area contributed by atoms with Crippen LogP contribution in [-0.4, -0.2) is 44.0 Å². The quantitative estimate of drug-likeness (QED) is 0.662. The SMILES string of the molecule is CCCCNC(=O)CCCCS(=O)(=O)N1CCCCC1. The largest absolute Gasteiger partial charge is 0.356 e. The molecule has 1 amide bonds. The highest BCUT2D eigenvalue weighted by Gasteiger charge is 2.23. The summed E-state index contributed by atoms with van der Waals surface area (Å²) in [6, 6.07) is 0. The van der Waals surface area contributed by atoms with Crippen molar-refractivity contribution in [3.63, 3.8) is 0 Å². The van der Waals surface area contributed by atoms with E-state index in [-0.39, 0.29) is 11.7 Å². The topological polar surface area (TPSA) is 66.5 Å². The smallest absolute Gasteiger partial charge is 0.219 e. The second kappa shape index (κ2) is 9.34. The summed E-state index contributed by atoms with van der Waals surface area (Å²) in [5, 5.41) is 2.85. The fourth-order valence-corrected chi connectivity index (χ4v) is 3.98. The van der Waals surface area contributed by atoms with Crippen LogP contribution in [0.5, 0.6) is 0 Å². The van der Waals surface area contributed by atoms with E-state index in [0.717, 1.165) is 38.6 Å². The molecule has 0 spiro atoms. The summed E-state index contributed by atoms with van der Waals surface area (Å²) in [6.07, 6.45) is 6.77. The number of carbonyl (C=O) groups is 1. The van der Waals surface area contributed by atoms with Crippen molar-refractivity contribution in [1.82, 2.24) is 9.62 Å². The first-order valence-electron chi connectivity index (χ1n) is 7.81. The van der Waals surface area contributed by atoms with Crippen LogP contribution in [0.15, 0.2) is 0 Å². The number of nitrogens with zero attached hydrogens (tertiary/aromatic N) is 1. The standard InChI is InChI=1S/C14H28N2O3S/c1-2-3-10-15-14(17)9-5-8-13-20(18,19)16-11-6-4-7-12-16/h2-13H2,1H3,(H,15,17). The second-order valence-electron chi connectivity index (χ2n) is 5.44. The number of rotatable bonds is 9. The Morgan fingerprint density at radius 3 is 2.45 bits per heavy atom. The molecule has 5 nitrogen and oxygen atoms in total. The number of hydrogen-bond donors (Lipinski definition) is 1. The summed E-state index contributed by atoms with van der Waals surface area (Å²) in [4.78, 5) is 11.5. The molecule has 1 aliphatic rings. The lowest BCUT2D eigenvalue weighted by Crippen LogP contribution is -2.37. The Bertz CT molecular complexity index is 376. The Morgan fingerprint density at radius 1 is 1.10 bits per heavy atom. The molecule has 0 aliphatic carbocycles. The zero-order valence-electron chi connectivity index (χ0n) is 12.6. The van der Waals surface area contributed by atoms with Gasteiger partial charge in [0.05, 0.1) is 5.75 Å². The van der Waals surface area contributed by atoms with Gasteiger partial charge >= 0.3 is 0 Å². The van der Waals surface area contributed by atoms with Gasteiger partial charge < -0.3 is 5.32 Å². The molecule has 0 saturated carbocycles. The van der Waals surface area contributed by atoms with Gasteiger partial charge in [-0.05, 0) is 32.1 Å². The normalized spacial score (nSPS) is 17.1. The van der Waals surface area contributed by atoms with Gasteiger partial charge in [0.25, 0.3) is 0 Å². The highest BCUT2D eigenvalue weighted by Crippen LogP contribution is 2.14. The molecule has 118 valence electrons. The summed E-state index contributed by atoms with van der Waals surface area (Å²) in [5.74, 6) is 0.212. The lowest BCUT2D eigenvalue weighted by atomic mass is 10.2. The molecule has 1 heterocycles. The number of nitrogens with one attached hydrogen (secondary N) is 1. The molecule has 0 bridgehead atoms. The molecule has 20 heavy (non-hydrogen) atoms. The van der Waals surface area contributed by atoms with E-state index in [0.29, 0.717) is 32.4 Å². The number of amides is 1. The average molecular weight is 304 g/mol. The van der Waals surface area contributed by atoms with Crippen molar-refractivity contribution in [2.75, 3.05) is 25.4 Å². The Morgan fingerprint density at radius 2 is 1.80 bits per heavy atom. The van der Waals surface area contributed by atoms with E-state index in [1.807, 2.05) is 0 Å². The van der Waals surface area contributed by atoms with E-state index in [4.69, 9.17) is 0 Å². The third-order valence-electron chi connectivity index (χ3n) is 3.62. The van der Waals surface area contributed by atoms with Gasteiger partial charge in [0.1, 0.15) is 0 Å². The van der Waals surface area contributed by atoms with Crippen LogP contribution in [0.4, 0.5) is 0 Å². The van der Waals surface area contributed by atoms with Gasteiger partial charge in [0, 0.05) is 26.1 Å². The molecule has 1 saturated heterocycles. The molecular formula is C14H28N2O3S. The van der Waals surface area contributed by atoms with Crippen LogP contribution in [0.3, 0.4) is 0 Å². The van der Waals surface area contributed by atoms with E-state index in [9.17, 15) is 13.2 Å². The van der Waals surface area contributed by atoms with Crippen LogP contribution in [0, 0.1) is 0 Å². The number of piperidine rings is 1. The van der Waals surface area contributed by atoms with Gasteiger partial charge in [-0.2, -0.15) is 0 Å². The minimum atomic E-state index is -3.10. The van der Waals surface area contributed by atoms with E-state index >= 15 is 0 Å². The first-order chi connectivity index (χ1) is 9.56. The molecule has 0 atom stereocenters. The molecule has 0 unspecified atom stereocenters. The molecule has 6 heteroatoms. The summed E-state index contributed by atoms with van der Waals surface area (Å²) in [5.41, 5.74) is 0. The van der Waals surface area contributed by atoms with Crippen molar-refractivity contribution in [2.24, 2.45) is 0 Å². The zero-order valence-corrected chi connectivity index (χ0v) is 13.4. The number of sulfonamides is 1. The fourth-order valence-electron chi connectivity index (χ4n) is 2.34. The maximum absolute atomic E-state index is 12.1. The van der Waals surface area contributed by atoms with Crippen LogP contribution in [0.1, 0.15) is 58.3 Å². The summed E-state index contributed by atoms with van der Waals surface area (Å²) >= 11 is 0. The molecular weight excluding hydrogens is 276 g/mol. The van der Waals surface area contributed by atoms with Gasteiger partial charge in [-0.1, -0.05) is 19.8 Å². The predicted octanol–water partition coefficient (Wildman–Crippen LogP) is 1.89. The van der Waals surface area contributed by atoms with Crippen LogP contribution in [0.25, 0.3) is 0 Å². The van der Waals surface area contributed by atoms with Gasteiger partial charge in [-0.15, -0.1) is 0 Å². The zero-order chi connectivity index (χ0) is 14.8. The Kier molecular flexibility index (Phi) is 8.14. The van der Waals surface area contributed by atoms with Gasteiger partial charge in [0.15, 0.2) is 0 Å². The molecule has 1 aliphatic heterocycles. The van der Waals surface area contributed by atoms with Crippen molar-refractivity contribution in [3.8, 4) is 0 Å². The van der Waals surface area contributed by atoms with E-state index in [1.54, 1.807) is 4.31 Å². The lowest BCUT2D eigenvalue weighted by Gasteiger charge is -2.25. The first-order valence-corrected chi connectivity index (χ1v) is 9.41. The minimum Gasteiger partial charge on any atom is -0.356 e. The third kappa shape index (κ3) is 6.70. The molecule has 1 N–H and O–H groups in total. The highest BCUT2D eigenvalue weighted by molar-refractivity contribution is 7.89. The van der Waals surface area contributed by atoms with Crippen molar-refractivity contribution < 1.29 is 13.2 Å². The van der Waals surface area contributed by atoms with Crippen molar-refractivity contribution in [2.45, 2.75) is 58.3 Å². The van der Waals surface area contributed by atoms with Gasteiger partial charge in [0.2, 0.25) is 15.9 Å². The Balaban J connectivity index is 2.14. The third-order valence-corrected chi connectivity index (χ3v) is 5.57.